The zero-order chi connectivity index (χ0) is 16.3. The molecule has 0 bridgehead atoms. The van der Waals surface area contributed by atoms with Gasteiger partial charge in [-0.15, -0.1) is 0 Å². The maximum atomic E-state index is 12.1. The Hall–Kier alpha value is -0.820. The molecule has 1 aromatic rings. The Balaban J connectivity index is 1.98. The second-order valence-electron chi connectivity index (χ2n) is 5.29. The summed E-state index contributed by atoms with van der Waals surface area (Å²) in [5, 5.41) is 3.59. The molecule has 1 aromatic carbocycles. The van der Waals surface area contributed by atoms with E-state index in [1.54, 1.807) is 18.2 Å². The molecule has 1 atom stereocenters. The highest BCUT2D eigenvalue weighted by molar-refractivity contribution is 7.91. The number of benzene rings is 1. The number of likely N-dealkylation sites (N-methyl/N-ethyl adjacent to an activating group) is 1. The van der Waals surface area contributed by atoms with Crippen molar-refractivity contribution in [1.82, 2.24) is 4.90 Å². The first kappa shape index (κ1) is 17.5. The largest absolute Gasteiger partial charge is 0.324 e. The third-order valence-corrected chi connectivity index (χ3v) is 5.98. The summed E-state index contributed by atoms with van der Waals surface area (Å²) in [6, 6.07) is 4.74. The summed E-state index contributed by atoms with van der Waals surface area (Å²) in [6.07, 6.45) is 0.575. The number of rotatable bonds is 5. The van der Waals surface area contributed by atoms with Crippen LogP contribution in [0.1, 0.15) is 13.3 Å². The molecular weight excluding hydrogens is 347 g/mol. The van der Waals surface area contributed by atoms with Gasteiger partial charge >= 0.3 is 0 Å². The number of hydrogen-bond acceptors (Lipinski definition) is 4. The molecule has 1 N–H and O–H groups in total. The minimum Gasteiger partial charge on any atom is -0.324 e. The number of halogens is 2. The molecule has 1 unspecified atom stereocenters. The fraction of sp³-hybridized carbons (Fsp3) is 0.500. The summed E-state index contributed by atoms with van der Waals surface area (Å²) in [7, 11) is -2.97. The van der Waals surface area contributed by atoms with Crippen molar-refractivity contribution >= 4 is 44.6 Å². The zero-order valence-corrected chi connectivity index (χ0v) is 14.5. The molecule has 1 heterocycles. The van der Waals surface area contributed by atoms with Crippen molar-refractivity contribution in [3.63, 3.8) is 0 Å². The van der Waals surface area contributed by atoms with Gasteiger partial charge in [0, 0.05) is 11.1 Å². The van der Waals surface area contributed by atoms with E-state index >= 15 is 0 Å². The average Bonchev–Trinajstić information content (AvgIpc) is 2.79. The van der Waals surface area contributed by atoms with Crippen LogP contribution in [-0.4, -0.2) is 49.9 Å². The van der Waals surface area contributed by atoms with Gasteiger partial charge in [0.05, 0.1) is 28.8 Å². The van der Waals surface area contributed by atoms with Crippen LogP contribution < -0.4 is 5.32 Å². The predicted molar refractivity (Wildman–Crippen MR) is 89.4 cm³/mol. The van der Waals surface area contributed by atoms with Crippen molar-refractivity contribution < 1.29 is 13.2 Å². The molecule has 1 aliphatic rings. The van der Waals surface area contributed by atoms with Crippen LogP contribution in [0.4, 0.5) is 5.69 Å². The zero-order valence-electron chi connectivity index (χ0n) is 12.2. The molecule has 1 saturated heterocycles. The predicted octanol–water partition coefficient (Wildman–Crippen LogP) is 2.44. The van der Waals surface area contributed by atoms with Crippen LogP contribution in [0.5, 0.6) is 0 Å². The van der Waals surface area contributed by atoms with Crippen LogP contribution in [0, 0.1) is 0 Å². The molecule has 0 radical (unpaired) electrons. The van der Waals surface area contributed by atoms with E-state index in [1.165, 1.54) is 0 Å². The first-order valence-electron chi connectivity index (χ1n) is 7.00. The number of anilines is 1. The Labute approximate surface area is 140 Å². The fourth-order valence-electron chi connectivity index (χ4n) is 2.53. The fourth-order valence-corrected chi connectivity index (χ4v) is 4.74. The minimum atomic E-state index is -2.97. The van der Waals surface area contributed by atoms with Crippen molar-refractivity contribution in [3.05, 3.63) is 28.2 Å². The van der Waals surface area contributed by atoms with E-state index in [2.05, 4.69) is 5.32 Å². The molecule has 2 rings (SSSR count). The normalized spacial score (nSPS) is 20.3. The maximum Gasteiger partial charge on any atom is 0.238 e. The van der Waals surface area contributed by atoms with Crippen LogP contribution in [0.3, 0.4) is 0 Å². The third kappa shape index (κ3) is 4.59. The number of nitrogens with one attached hydrogen (secondary N) is 1. The van der Waals surface area contributed by atoms with Crippen molar-refractivity contribution in [2.24, 2.45) is 0 Å². The Morgan fingerprint density at radius 1 is 1.41 bits per heavy atom. The molecule has 1 fully saturated rings. The van der Waals surface area contributed by atoms with Crippen LogP contribution in [0.25, 0.3) is 0 Å². The van der Waals surface area contributed by atoms with Gasteiger partial charge in [-0.25, -0.2) is 8.42 Å². The van der Waals surface area contributed by atoms with E-state index < -0.39 is 9.84 Å². The quantitative estimate of drug-likeness (QED) is 0.871. The second-order valence-corrected chi connectivity index (χ2v) is 8.36. The van der Waals surface area contributed by atoms with Crippen molar-refractivity contribution in [2.75, 3.05) is 29.9 Å². The van der Waals surface area contributed by atoms with Crippen LogP contribution in [0.2, 0.25) is 10.0 Å². The Morgan fingerprint density at radius 2 is 2.14 bits per heavy atom. The van der Waals surface area contributed by atoms with Gasteiger partial charge < -0.3 is 5.32 Å². The van der Waals surface area contributed by atoms with Gasteiger partial charge in [-0.3, -0.25) is 9.69 Å². The van der Waals surface area contributed by atoms with Crippen molar-refractivity contribution in [1.29, 1.82) is 0 Å². The Kier molecular flexibility index (Phi) is 5.71. The van der Waals surface area contributed by atoms with E-state index in [0.29, 0.717) is 28.7 Å². The van der Waals surface area contributed by atoms with Gasteiger partial charge in [0.1, 0.15) is 0 Å². The lowest BCUT2D eigenvalue weighted by atomic mass is 10.2. The summed E-state index contributed by atoms with van der Waals surface area (Å²) >= 11 is 11.8. The summed E-state index contributed by atoms with van der Waals surface area (Å²) in [5.41, 5.74) is 0.492. The molecule has 0 saturated carbocycles. The van der Waals surface area contributed by atoms with Gasteiger partial charge in [0.25, 0.3) is 0 Å². The smallest absolute Gasteiger partial charge is 0.238 e. The maximum absolute atomic E-state index is 12.1. The monoisotopic (exact) mass is 364 g/mol. The van der Waals surface area contributed by atoms with Gasteiger partial charge in [-0.1, -0.05) is 30.1 Å². The number of nitrogens with zero attached hydrogens (tertiary/aromatic N) is 1. The molecule has 22 heavy (non-hydrogen) atoms. The van der Waals surface area contributed by atoms with E-state index in [1.807, 2.05) is 11.8 Å². The van der Waals surface area contributed by atoms with Gasteiger partial charge in [0.15, 0.2) is 9.84 Å². The van der Waals surface area contributed by atoms with E-state index in [9.17, 15) is 13.2 Å². The summed E-state index contributed by atoms with van der Waals surface area (Å²) in [6.45, 7) is 2.66. The highest BCUT2D eigenvalue weighted by Gasteiger charge is 2.32. The van der Waals surface area contributed by atoms with E-state index in [0.717, 1.165) is 0 Å². The van der Waals surface area contributed by atoms with Gasteiger partial charge in [-0.05, 0) is 31.2 Å². The van der Waals surface area contributed by atoms with Gasteiger partial charge in [-0.2, -0.15) is 0 Å². The molecule has 5 nitrogen and oxygen atoms in total. The number of hydrogen-bond donors (Lipinski definition) is 1. The van der Waals surface area contributed by atoms with Crippen molar-refractivity contribution in [3.8, 4) is 0 Å². The first-order chi connectivity index (χ1) is 10.3. The summed E-state index contributed by atoms with van der Waals surface area (Å²) in [5.74, 6) is 0.0876. The number of carbonyl (C=O) groups excluding carboxylic acids is 1. The lowest BCUT2D eigenvalue weighted by molar-refractivity contribution is -0.117. The van der Waals surface area contributed by atoms with Crippen LogP contribution in [0.15, 0.2) is 18.2 Å². The minimum absolute atomic E-state index is 0.0959. The molecule has 0 aromatic heterocycles. The van der Waals surface area contributed by atoms with E-state index in [4.69, 9.17) is 23.2 Å². The standard InChI is InChI=1S/C14H18Cl2N2O3S/c1-2-18(11-5-6-22(20,21)9-11)8-14(19)17-13-4-3-10(15)7-12(13)16/h3-4,7,11H,2,5-6,8-9H2,1H3,(H,17,19). The van der Waals surface area contributed by atoms with Gasteiger partial charge in [0.2, 0.25) is 5.91 Å². The van der Waals surface area contributed by atoms with E-state index in [-0.39, 0.29) is 30.0 Å². The molecule has 122 valence electrons. The number of sulfone groups is 1. The molecular formula is C14H18Cl2N2O3S. The van der Waals surface area contributed by atoms with Crippen LogP contribution in [-0.2, 0) is 14.6 Å². The topological polar surface area (TPSA) is 66.5 Å². The third-order valence-electron chi connectivity index (χ3n) is 3.68. The lowest BCUT2D eigenvalue weighted by Gasteiger charge is -2.25. The van der Waals surface area contributed by atoms with Crippen LogP contribution >= 0.6 is 23.2 Å². The number of carbonyl (C=O) groups is 1. The molecule has 1 aliphatic heterocycles. The highest BCUT2D eigenvalue weighted by atomic mass is 35.5. The molecule has 8 heteroatoms. The Morgan fingerprint density at radius 3 is 2.68 bits per heavy atom. The summed E-state index contributed by atoms with van der Waals surface area (Å²) < 4.78 is 23.1. The molecule has 1 amide bonds. The Bertz CT molecular complexity index is 664. The van der Waals surface area contributed by atoms with Crippen molar-refractivity contribution in [2.45, 2.75) is 19.4 Å². The second kappa shape index (κ2) is 7.17. The molecule has 0 spiro atoms. The first-order valence-corrected chi connectivity index (χ1v) is 9.58. The molecule has 0 aliphatic carbocycles. The summed E-state index contributed by atoms with van der Waals surface area (Å²) in [4.78, 5) is 14.0. The highest BCUT2D eigenvalue weighted by Crippen LogP contribution is 2.25. The lowest BCUT2D eigenvalue weighted by Crippen LogP contribution is -2.41. The average molecular weight is 365 g/mol. The number of amides is 1. The SMILES string of the molecule is CCN(CC(=O)Nc1ccc(Cl)cc1Cl)C1CCS(=O)(=O)C1.